The van der Waals surface area contributed by atoms with E-state index in [9.17, 15) is 15.2 Å². The number of rotatable bonds is 4. The molecule has 0 amide bonds. The molecule has 1 N–H and O–H groups in total. The van der Waals surface area contributed by atoms with Crippen LogP contribution in [0.3, 0.4) is 0 Å². The Kier molecular flexibility index (Phi) is 4.96. The fourth-order valence-electron chi connectivity index (χ4n) is 3.30. The van der Waals surface area contributed by atoms with Gasteiger partial charge >= 0.3 is 5.97 Å². The molecule has 0 spiro atoms. The van der Waals surface area contributed by atoms with Crippen LogP contribution < -0.4 is 0 Å². The highest BCUT2D eigenvalue weighted by molar-refractivity contribution is 5.90. The van der Waals surface area contributed by atoms with Gasteiger partial charge in [-0.2, -0.15) is 5.26 Å². The summed E-state index contributed by atoms with van der Waals surface area (Å²) >= 11 is 0. The van der Waals surface area contributed by atoms with Gasteiger partial charge in [-0.3, -0.25) is 0 Å². The third kappa shape index (κ3) is 3.54. The van der Waals surface area contributed by atoms with Crippen molar-refractivity contribution >= 4 is 17.6 Å². The van der Waals surface area contributed by atoms with E-state index in [-0.39, 0.29) is 5.56 Å². The predicted molar refractivity (Wildman–Crippen MR) is 107 cm³/mol. The Morgan fingerprint density at radius 3 is 2.33 bits per heavy atom. The van der Waals surface area contributed by atoms with Gasteiger partial charge in [0, 0.05) is 17.1 Å². The minimum absolute atomic E-state index is 0.273. The van der Waals surface area contributed by atoms with E-state index in [4.69, 9.17) is 0 Å². The van der Waals surface area contributed by atoms with Gasteiger partial charge in [-0.05, 0) is 67.8 Å². The molecule has 4 nitrogen and oxygen atoms in total. The fraction of sp³-hybridized carbons (Fsp3) is 0.130. The Hall–Kier alpha value is -3.58. The first-order valence-corrected chi connectivity index (χ1v) is 8.63. The highest BCUT2D eigenvalue weighted by Gasteiger charge is 2.14. The average Bonchev–Trinajstić information content (AvgIpc) is 2.93. The second-order valence-corrected chi connectivity index (χ2v) is 6.50. The van der Waals surface area contributed by atoms with E-state index in [0.717, 1.165) is 33.8 Å². The van der Waals surface area contributed by atoms with E-state index in [1.807, 2.05) is 69.3 Å². The minimum atomic E-state index is -0.934. The molecule has 0 aliphatic heterocycles. The molecule has 0 radical (unpaired) electrons. The van der Waals surface area contributed by atoms with Crippen molar-refractivity contribution in [2.75, 3.05) is 0 Å². The maximum Gasteiger partial charge on any atom is 0.335 e. The largest absolute Gasteiger partial charge is 0.478 e. The molecule has 0 bridgehead atoms. The summed E-state index contributed by atoms with van der Waals surface area (Å²) in [5.41, 5.74) is 6.58. The van der Waals surface area contributed by atoms with E-state index in [0.29, 0.717) is 5.57 Å². The van der Waals surface area contributed by atoms with Gasteiger partial charge in [-0.1, -0.05) is 30.3 Å². The van der Waals surface area contributed by atoms with E-state index < -0.39 is 5.97 Å². The standard InChI is InChI=1S/C23H20N2O2/c1-15-11-19(23(26)27)9-10-22(15)25-16(2)12-20(17(25)3)13-21(14-24)18-7-5-4-6-8-18/h4-13H,1-3H3,(H,26,27)/b21-13+. The summed E-state index contributed by atoms with van der Waals surface area (Å²) in [4.78, 5) is 11.2. The van der Waals surface area contributed by atoms with Crippen molar-refractivity contribution in [1.29, 1.82) is 5.26 Å². The number of allylic oxidation sites excluding steroid dienone is 1. The van der Waals surface area contributed by atoms with Crippen molar-refractivity contribution in [3.63, 3.8) is 0 Å². The van der Waals surface area contributed by atoms with Crippen LogP contribution in [-0.4, -0.2) is 15.6 Å². The molecule has 27 heavy (non-hydrogen) atoms. The zero-order valence-corrected chi connectivity index (χ0v) is 15.5. The number of nitrogens with zero attached hydrogens (tertiary/aromatic N) is 2. The lowest BCUT2D eigenvalue weighted by Crippen LogP contribution is -2.04. The van der Waals surface area contributed by atoms with Crippen LogP contribution in [0.2, 0.25) is 0 Å². The molecule has 0 saturated carbocycles. The average molecular weight is 356 g/mol. The molecule has 1 aromatic heterocycles. The van der Waals surface area contributed by atoms with Crippen LogP contribution in [0.1, 0.15) is 38.4 Å². The van der Waals surface area contributed by atoms with Gasteiger partial charge in [0.1, 0.15) is 0 Å². The lowest BCUT2D eigenvalue weighted by molar-refractivity contribution is 0.0697. The number of aryl methyl sites for hydroxylation is 2. The first-order chi connectivity index (χ1) is 12.9. The zero-order valence-electron chi connectivity index (χ0n) is 15.5. The topological polar surface area (TPSA) is 66.0 Å². The molecule has 0 aliphatic carbocycles. The Balaban J connectivity index is 2.10. The summed E-state index contributed by atoms with van der Waals surface area (Å²) in [7, 11) is 0. The first kappa shape index (κ1) is 18.2. The van der Waals surface area contributed by atoms with Crippen LogP contribution in [0.4, 0.5) is 0 Å². The first-order valence-electron chi connectivity index (χ1n) is 8.63. The molecule has 3 rings (SSSR count). The van der Waals surface area contributed by atoms with Gasteiger partial charge in [-0.25, -0.2) is 4.79 Å². The number of carboxylic acids is 1. The van der Waals surface area contributed by atoms with Crippen LogP contribution in [-0.2, 0) is 0 Å². The summed E-state index contributed by atoms with van der Waals surface area (Å²) < 4.78 is 2.09. The molecule has 0 saturated heterocycles. The smallest absolute Gasteiger partial charge is 0.335 e. The molecule has 0 aliphatic rings. The maximum atomic E-state index is 11.2. The molecule has 2 aromatic carbocycles. The van der Waals surface area contributed by atoms with Crippen molar-refractivity contribution in [2.24, 2.45) is 0 Å². The molecule has 3 aromatic rings. The summed E-state index contributed by atoms with van der Waals surface area (Å²) in [5.74, 6) is -0.934. The van der Waals surface area contributed by atoms with Gasteiger partial charge in [0.25, 0.3) is 0 Å². The lowest BCUT2D eigenvalue weighted by Gasteiger charge is -2.13. The number of benzene rings is 2. The number of aromatic nitrogens is 1. The summed E-state index contributed by atoms with van der Waals surface area (Å²) in [6.07, 6.45) is 1.90. The van der Waals surface area contributed by atoms with Gasteiger partial charge in [-0.15, -0.1) is 0 Å². The minimum Gasteiger partial charge on any atom is -0.478 e. The highest BCUT2D eigenvalue weighted by Crippen LogP contribution is 2.27. The third-order valence-electron chi connectivity index (χ3n) is 4.66. The van der Waals surface area contributed by atoms with Gasteiger partial charge < -0.3 is 9.67 Å². The second kappa shape index (κ2) is 7.35. The molecule has 0 unspecified atom stereocenters. The van der Waals surface area contributed by atoms with E-state index in [1.165, 1.54) is 0 Å². The predicted octanol–water partition coefficient (Wildman–Crippen LogP) is 5.16. The number of nitriles is 1. The van der Waals surface area contributed by atoms with Crippen molar-refractivity contribution in [3.05, 3.63) is 88.2 Å². The Bertz CT molecular complexity index is 1080. The molecular formula is C23H20N2O2. The van der Waals surface area contributed by atoms with Crippen molar-refractivity contribution in [1.82, 2.24) is 4.57 Å². The van der Waals surface area contributed by atoms with Crippen LogP contribution in [0.5, 0.6) is 0 Å². The van der Waals surface area contributed by atoms with E-state index in [1.54, 1.807) is 12.1 Å². The van der Waals surface area contributed by atoms with E-state index in [2.05, 4.69) is 10.6 Å². The van der Waals surface area contributed by atoms with Crippen molar-refractivity contribution in [2.45, 2.75) is 20.8 Å². The van der Waals surface area contributed by atoms with Crippen LogP contribution in [0.15, 0.2) is 54.6 Å². The van der Waals surface area contributed by atoms with Gasteiger partial charge in [0.15, 0.2) is 0 Å². The number of aromatic carboxylic acids is 1. The zero-order chi connectivity index (χ0) is 19.6. The van der Waals surface area contributed by atoms with Crippen molar-refractivity contribution < 1.29 is 9.90 Å². The van der Waals surface area contributed by atoms with Gasteiger partial charge in [0.05, 0.1) is 17.2 Å². The highest BCUT2D eigenvalue weighted by atomic mass is 16.4. The third-order valence-corrected chi connectivity index (χ3v) is 4.66. The Labute approximate surface area is 158 Å². The molecule has 1 heterocycles. The van der Waals surface area contributed by atoms with Gasteiger partial charge in [0.2, 0.25) is 0 Å². The maximum absolute atomic E-state index is 11.2. The quantitative estimate of drug-likeness (QED) is 0.656. The number of hydrogen-bond donors (Lipinski definition) is 1. The molecule has 0 atom stereocenters. The summed E-state index contributed by atoms with van der Waals surface area (Å²) in [6.45, 7) is 5.91. The lowest BCUT2D eigenvalue weighted by atomic mass is 10.0. The molecular weight excluding hydrogens is 336 g/mol. The number of carbonyl (C=O) groups is 1. The number of carboxylic acid groups (broad SMARTS) is 1. The molecule has 134 valence electrons. The van der Waals surface area contributed by atoms with Crippen LogP contribution >= 0.6 is 0 Å². The number of hydrogen-bond acceptors (Lipinski definition) is 2. The normalized spacial score (nSPS) is 11.3. The summed E-state index contributed by atoms with van der Waals surface area (Å²) in [5, 5.41) is 18.7. The molecule has 0 fully saturated rings. The SMILES string of the molecule is Cc1cc(C(=O)O)ccc1-n1c(C)cc(/C=C(\C#N)c2ccccc2)c1C. The van der Waals surface area contributed by atoms with Crippen molar-refractivity contribution in [3.8, 4) is 11.8 Å². The van der Waals surface area contributed by atoms with Crippen LogP contribution in [0, 0.1) is 32.1 Å². The summed E-state index contributed by atoms with van der Waals surface area (Å²) in [6, 6.07) is 19.0. The Morgan fingerprint density at radius 1 is 1.04 bits per heavy atom. The second-order valence-electron chi connectivity index (χ2n) is 6.50. The Morgan fingerprint density at radius 2 is 1.74 bits per heavy atom. The monoisotopic (exact) mass is 356 g/mol. The van der Waals surface area contributed by atoms with E-state index >= 15 is 0 Å². The fourth-order valence-corrected chi connectivity index (χ4v) is 3.30. The van der Waals surface area contributed by atoms with Crippen LogP contribution in [0.25, 0.3) is 17.3 Å². The molecule has 4 heteroatoms.